The fraction of sp³-hybridized carbons (Fsp3) is 0.500. The average Bonchev–Trinajstić information content (AvgIpc) is 2.36. The molecule has 0 fully saturated rings. The van der Waals surface area contributed by atoms with Crippen molar-refractivity contribution in [3.63, 3.8) is 0 Å². The summed E-state index contributed by atoms with van der Waals surface area (Å²) in [5.74, 6) is -0.474. The first-order valence-corrected chi connectivity index (χ1v) is 8.24. The van der Waals surface area contributed by atoms with Crippen molar-refractivity contribution in [3.05, 3.63) is 23.8 Å². The molecule has 0 bridgehead atoms. The average molecular weight is 315 g/mol. The smallest absolute Gasteiger partial charge is 0.338 e. The van der Waals surface area contributed by atoms with Gasteiger partial charge in [0.1, 0.15) is 10.6 Å². The van der Waals surface area contributed by atoms with Crippen molar-refractivity contribution in [2.75, 3.05) is 0 Å². The molecule has 0 spiro atoms. The number of carbonyl (C=O) groups excluding carboxylic acids is 1. The van der Waals surface area contributed by atoms with Gasteiger partial charge in [-0.1, -0.05) is 6.92 Å². The number of hydrogen-bond acceptors (Lipinski definition) is 5. The standard InChI is InChI=1S/C14H21NO5S/c1-5-10(4)20-14(16)11-6-7-12(19-9(2)3)13(8-11)21(15,17)18/h6-10H,5H2,1-4H3,(H2,15,17,18). The van der Waals surface area contributed by atoms with Gasteiger partial charge >= 0.3 is 5.97 Å². The molecule has 6 nitrogen and oxygen atoms in total. The summed E-state index contributed by atoms with van der Waals surface area (Å²) in [5.41, 5.74) is 0.121. The Morgan fingerprint density at radius 1 is 1.29 bits per heavy atom. The van der Waals surface area contributed by atoms with Gasteiger partial charge in [0.2, 0.25) is 10.0 Å². The third-order valence-electron chi connectivity index (χ3n) is 2.73. The normalized spacial score (nSPS) is 13.0. The molecule has 1 aromatic rings. The summed E-state index contributed by atoms with van der Waals surface area (Å²) >= 11 is 0. The Balaban J connectivity index is 3.19. The Bertz CT molecular complexity index is 610. The van der Waals surface area contributed by atoms with Crippen LogP contribution in [-0.2, 0) is 14.8 Å². The number of nitrogens with two attached hydrogens (primary N) is 1. The van der Waals surface area contributed by atoms with Crippen LogP contribution < -0.4 is 9.88 Å². The van der Waals surface area contributed by atoms with Gasteiger partial charge in [0.15, 0.2) is 0 Å². The lowest BCUT2D eigenvalue weighted by Crippen LogP contribution is -2.18. The zero-order valence-corrected chi connectivity index (χ0v) is 13.4. The monoisotopic (exact) mass is 315 g/mol. The third kappa shape index (κ3) is 5.02. The van der Waals surface area contributed by atoms with Crippen molar-refractivity contribution in [2.24, 2.45) is 5.14 Å². The second-order valence-electron chi connectivity index (χ2n) is 5.00. The number of hydrogen-bond donors (Lipinski definition) is 1. The number of primary sulfonamides is 1. The Morgan fingerprint density at radius 3 is 2.38 bits per heavy atom. The van der Waals surface area contributed by atoms with Gasteiger partial charge in [-0.05, 0) is 45.4 Å². The van der Waals surface area contributed by atoms with Crippen LogP contribution in [0.5, 0.6) is 5.75 Å². The van der Waals surface area contributed by atoms with Crippen molar-refractivity contribution >= 4 is 16.0 Å². The summed E-state index contributed by atoms with van der Waals surface area (Å²) in [4.78, 5) is 11.7. The Kier molecular flexibility index (Phi) is 5.74. The van der Waals surface area contributed by atoms with Crippen LogP contribution in [0.3, 0.4) is 0 Å². The van der Waals surface area contributed by atoms with E-state index in [0.717, 1.165) is 0 Å². The van der Waals surface area contributed by atoms with Gasteiger partial charge in [-0.3, -0.25) is 0 Å². The summed E-state index contributed by atoms with van der Waals surface area (Å²) in [6.07, 6.45) is 0.202. The molecule has 0 saturated heterocycles. The molecule has 1 rings (SSSR count). The highest BCUT2D eigenvalue weighted by Crippen LogP contribution is 2.25. The van der Waals surface area contributed by atoms with E-state index in [0.29, 0.717) is 6.42 Å². The maximum atomic E-state index is 11.9. The van der Waals surface area contributed by atoms with E-state index >= 15 is 0 Å². The zero-order chi connectivity index (χ0) is 16.2. The van der Waals surface area contributed by atoms with Crippen molar-refractivity contribution in [2.45, 2.75) is 51.2 Å². The Labute approximate surface area is 125 Å². The molecule has 0 heterocycles. The highest BCUT2D eigenvalue weighted by molar-refractivity contribution is 7.89. The number of carbonyl (C=O) groups is 1. The van der Waals surface area contributed by atoms with Crippen molar-refractivity contribution in [1.29, 1.82) is 0 Å². The predicted molar refractivity (Wildman–Crippen MR) is 78.7 cm³/mol. The number of esters is 1. The lowest BCUT2D eigenvalue weighted by Gasteiger charge is -2.15. The van der Waals surface area contributed by atoms with Gasteiger partial charge in [-0.15, -0.1) is 0 Å². The van der Waals surface area contributed by atoms with Crippen molar-refractivity contribution in [3.8, 4) is 5.75 Å². The zero-order valence-electron chi connectivity index (χ0n) is 12.6. The molecule has 0 amide bonds. The summed E-state index contributed by atoms with van der Waals surface area (Å²) in [6.45, 7) is 7.16. The minimum absolute atomic E-state index is 0.118. The van der Waals surface area contributed by atoms with Gasteiger partial charge < -0.3 is 9.47 Å². The summed E-state index contributed by atoms with van der Waals surface area (Å²) < 4.78 is 33.8. The molecule has 1 atom stereocenters. The highest BCUT2D eigenvalue weighted by atomic mass is 32.2. The van der Waals surface area contributed by atoms with E-state index in [1.165, 1.54) is 18.2 Å². The maximum Gasteiger partial charge on any atom is 0.338 e. The molecule has 118 valence electrons. The molecule has 0 radical (unpaired) electrons. The van der Waals surface area contributed by atoms with Gasteiger partial charge in [-0.2, -0.15) is 0 Å². The number of sulfonamides is 1. The number of ether oxygens (including phenoxy) is 2. The van der Waals surface area contributed by atoms with Gasteiger partial charge in [0, 0.05) is 0 Å². The van der Waals surface area contributed by atoms with E-state index in [1.54, 1.807) is 20.8 Å². The molecule has 0 aliphatic rings. The van der Waals surface area contributed by atoms with Crippen LogP contribution in [0.1, 0.15) is 44.5 Å². The number of benzene rings is 1. The lowest BCUT2D eigenvalue weighted by molar-refractivity contribution is 0.0334. The van der Waals surface area contributed by atoms with Crippen LogP contribution in [0.25, 0.3) is 0 Å². The maximum absolute atomic E-state index is 11.9. The molecule has 7 heteroatoms. The van der Waals surface area contributed by atoms with E-state index in [-0.39, 0.29) is 28.4 Å². The third-order valence-corrected chi connectivity index (χ3v) is 3.66. The minimum atomic E-state index is -4.00. The van der Waals surface area contributed by atoms with Crippen molar-refractivity contribution < 1.29 is 22.7 Å². The van der Waals surface area contributed by atoms with E-state index in [1.807, 2.05) is 6.92 Å². The quantitative estimate of drug-likeness (QED) is 0.811. The molecule has 0 saturated carbocycles. The molecule has 1 unspecified atom stereocenters. The highest BCUT2D eigenvalue weighted by Gasteiger charge is 2.20. The topological polar surface area (TPSA) is 95.7 Å². The van der Waals surface area contributed by atoms with Crippen LogP contribution in [0, 0.1) is 0 Å². The predicted octanol–water partition coefficient (Wildman–Crippen LogP) is 2.08. The van der Waals surface area contributed by atoms with E-state index in [9.17, 15) is 13.2 Å². The second kappa shape index (κ2) is 6.91. The molecule has 21 heavy (non-hydrogen) atoms. The lowest BCUT2D eigenvalue weighted by atomic mass is 10.2. The largest absolute Gasteiger partial charge is 0.490 e. The van der Waals surface area contributed by atoms with Crippen LogP contribution in [-0.4, -0.2) is 26.6 Å². The molecular formula is C14H21NO5S. The molecule has 2 N–H and O–H groups in total. The van der Waals surface area contributed by atoms with Gasteiger partial charge in [0.05, 0.1) is 17.8 Å². The van der Waals surface area contributed by atoms with Crippen LogP contribution in [0.2, 0.25) is 0 Å². The Hall–Kier alpha value is -1.60. The molecular weight excluding hydrogens is 294 g/mol. The first-order chi connectivity index (χ1) is 9.65. The van der Waals surface area contributed by atoms with E-state index < -0.39 is 16.0 Å². The Morgan fingerprint density at radius 2 is 1.90 bits per heavy atom. The number of rotatable bonds is 6. The van der Waals surface area contributed by atoms with Crippen LogP contribution >= 0.6 is 0 Å². The minimum Gasteiger partial charge on any atom is -0.490 e. The summed E-state index contributed by atoms with van der Waals surface area (Å²) in [6, 6.07) is 4.04. The van der Waals surface area contributed by atoms with E-state index in [2.05, 4.69) is 0 Å². The van der Waals surface area contributed by atoms with Gasteiger partial charge in [0.25, 0.3) is 0 Å². The van der Waals surface area contributed by atoms with Gasteiger partial charge in [-0.25, -0.2) is 18.4 Å². The van der Waals surface area contributed by atoms with E-state index in [4.69, 9.17) is 14.6 Å². The molecule has 0 aliphatic heterocycles. The first kappa shape index (κ1) is 17.5. The molecule has 1 aromatic carbocycles. The molecule has 0 aliphatic carbocycles. The fourth-order valence-electron chi connectivity index (χ4n) is 1.54. The fourth-order valence-corrected chi connectivity index (χ4v) is 2.23. The van der Waals surface area contributed by atoms with Crippen molar-refractivity contribution in [1.82, 2.24) is 0 Å². The molecule has 0 aromatic heterocycles. The van der Waals surface area contributed by atoms with Crippen LogP contribution in [0.15, 0.2) is 23.1 Å². The summed E-state index contributed by atoms with van der Waals surface area (Å²) in [5, 5.41) is 5.17. The van der Waals surface area contributed by atoms with Crippen LogP contribution in [0.4, 0.5) is 0 Å². The SMILES string of the molecule is CCC(C)OC(=O)c1ccc(OC(C)C)c(S(N)(=O)=O)c1. The first-order valence-electron chi connectivity index (χ1n) is 6.69. The summed E-state index contributed by atoms with van der Waals surface area (Å²) in [7, 11) is -4.00. The second-order valence-corrected chi connectivity index (χ2v) is 6.53.